The number of hydrogen-bond acceptors (Lipinski definition) is 4. The van der Waals surface area contributed by atoms with Crippen molar-refractivity contribution in [3.63, 3.8) is 0 Å². The van der Waals surface area contributed by atoms with Crippen molar-refractivity contribution in [2.24, 2.45) is 0 Å². The number of ether oxygens (including phenoxy) is 1. The highest BCUT2D eigenvalue weighted by Gasteiger charge is 2.37. The van der Waals surface area contributed by atoms with Gasteiger partial charge in [-0.25, -0.2) is 8.42 Å². The third-order valence-corrected chi connectivity index (χ3v) is 8.90. The van der Waals surface area contributed by atoms with Crippen molar-refractivity contribution in [2.45, 2.75) is 71.7 Å². The molecule has 9 heteroatoms. The van der Waals surface area contributed by atoms with Crippen LogP contribution in [0.1, 0.15) is 66.2 Å². The Bertz CT molecular complexity index is 377. The summed E-state index contributed by atoms with van der Waals surface area (Å²) in [5, 5.41) is 0. The highest BCUT2D eigenvalue weighted by molar-refractivity contribution is 7.86. The maximum atomic E-state index is 10.7. The summed E-state index contributed by atoms with van der Waals surface area (Å²) in [6.45, 7) is 9.97. The van der Waals surface area contributed by atoms with Gasteiger partial charge in [0, 0.05) is 13.9 Å². The maximum Gasteiger partial charge on any atom is 0.485 e. The van der Waals surface area contributed by atoms with Crippen LogP contribution in [-0.4, -0.2) is 49.9 Å². The number of hydrogen-bond donors (Lipinski definition) is 0. The zero-order valence-corrected chi connectivity index (χ0v) is 17.6. The highest BCUT2D eigenvalue weighted by Crippen LogP contribution is 2.60. The fourth-order valence-corrected chi connectivity index (χ4v) is 6.88. The van der Waals surface area contributed by atoms with Crippen LogP contribution in [0, 0.1) is 0 Å². The maximum absolute atomic E-state index is 10.7. The average molecular weight is 410 g/mol. The van der Waals surface area contributed by atoms with Crippen LogP contribution >= 0.6 is 7.26 Å². The lowest BCUT2D eigenvalue weighted by molar-refractivity contribution is -0.0517. The molecule has 0 fully saturated rings. The average Bonchev–Trinajstić information content (AvgIpc) is 2.52. The van der Waals surface area contributed by atoms with Crippen molar-refractivity contribution in [1.29, 1.82) is 0 Å². The number of alkyl halides is 3. The summed E-state index contributed by atoms with van der Waals surface area (Å²) in [4.78, 5) is 0. The zero-order chi connectivity index (χ0) is 20.0. The summed E-state index contributed by atoms with van der Waals surface area (Å²) in [5.41, 5.74) is -5.65. The minimum atomic E-state index is -6.09. The first-order valence-electron chi connectivity index (χ1n) is 8.94. The molecule has 0 bridgehead atoms. The lowest BCUT2D eigenvalue weighted by atomic mass is 10.4. The molecular weight excluding hydrogens is 376 g/mol. The van der Waals surface area contributed by atoms with E-state index in [0.29, 0.717) is 0 Å². The standard InChI is InChI=1S/C15H34OP.CHF3O3S/c1-5-9-12-17(13-10-6-2,14-11-7-3)15-16-8-4;2-1(3,4)8(5,6)7/h5-15H2,1-4H3;(H,5,6,7)/q+1;/p-1. The Kier molecular flexibility index (Phi) is 15.5. The van der Waals surface area contributed by atoms with Gasteiger partial charge in [-0.1, -0.05) is 40.0 Å². The molecule has 0 spiro atoms. The molecule has 0 radical (unpaired) electrons. The Morgan fingerprint density at radius 2 is 1.20 bits per heavy atom. The van der Waals surface area contributed by atoms with Gasteiger partial charge in [-0.3, -0.25) is 0 Å². The molecule has 0 heterocycles. The van der Waals surface area contributed by atoms with Gasteiger partial charge in [0.25, 0.3) is 0 Å². The third kappa shape index (κ3) is 13.9. The fraction of sp³-hybridized carbons (Fsp3) is 1.00. The first-order valence-corrected chi connectivity index (χ1v) is 12.9. The summed E-state index contributed by atoms with van der Waals surface area (Å²) in [5.74, 6) is 0. The summed E-state index contributed by atoms with van der Waals surface area (Å²) < 4.78 is 64.7. The molecule has 154 valence electrons. The predicted molar refractivity (Wildman–Crippen MR) is 98.5 cm³/mol. The summed E-state index contributed by atoms with van der Waals surface area (Å²) in [7, 11) is -6.87. The third-order valence-electron chi connectivity index (χ3n) is 3.81. The van der Waals surface area contributed by atoms with E-state index in [2.05, 4.69) is 27.7 Å². The second-order valence-corrected chi connectivity index (χ2v) is 11.7. The molecule has 0 saturated carbocycles. The van der Waals surface area contributed by atoms with Crippen LogP contribution < -0.4 is 0 Å². The van der Waals surface area contributed by atoms with E-state index in [1.165, 1.54) is 57.0 Å². The Morgan fingerprint density at radius 1 is 0.880 bits per heavy atom. The molecule has 25 heavy (non-hydrogen) atoms. The van der Waals surface area contributed by atoms with Crippen LogP contribution in [0.25, 0.3) is 0 Å². The van der Waals surface area contributed by atoms with Gasteiger partial charge in [0.2, 0.25) is 0 Å². The van der Waals surface area contributed by atoms with E-state index in [0.717, 1.165) is 13.0 Å². The molecular formula is C16H34F3O4PS. The number of halogens is 3. The van der Waals surface area contributed by atoms with E-state index < -0.39 is 22.9 Å². The molecule has 0 saturated heterocycles. The smallest absolute Gasteiger partial charge is 0.485 e. The predicted octanol–water partition coefficient (Wildman–Crippen LogP) is 5.45. The minimum Gasteiger partial charge on any atom is -0.741 e. The summed E-state index contributed by atoms with van der Waals surface area (Å²) >= 11 is 0. The fourth-order valence-electron chi connectivity index (χ4n) is 2.29. The molecule has 4 nitrogen and oxygen atoms in total. The van der Waals surface area contributed by atoms with Gasteiger partial charge in [-0.05, 0) is 26.2 Å². The van der Waals surface area contributed by atoms with Crippen LogP contribution in [-0.2, 0) is 14.9 Å². The first-order chi connectivity index (χ1) is 11.5. The molecule has 0 aliphatic carbocycles. The van der Waals surface area contributed by atoms with Crippen molar-refractivity contribution < 1.29 is 30.9 Å². The SMILES string of the molecule is CCCC[P+](CCCC)(CCCC)COCC.O=S(=O)([O-])C(F)(F)F. The summed E-state index contributed by atoms with van der Waals surface area (Å²) in [6, 6.07) is 0. The lowest BCUT2D eigenvalue weighted by Crippen LogP contribution is -2.21. The monoisotopic (exact) mass is 410 g/mol. The minimum absolute atomic E-state index is 0.784. The normalized spacial score (nSPS) is 12.6. The van der Waals surface area contributed by atoms with Crippen LogP contribution in [0.4, 0.5) is 13.2 Å². The van der Waals surface area contributed by atoms with Gasteiger partial charge >= 0.3 is 5.51 Å². The van der Waals surface area contributed by atoms with E-state index in [4.69, 9.17) is 17.7 Å². The Hall–Kier alpha value is 0.0900. The van der Waals surface area contributed by atoms with Gasteiger partial charge in [-0.15, -0.1) is 0 Å². The van der Waals surface area contributed by atoms with Crippen LogP contribution in [0.3, 0.4) is 0 Å². The Balaban J connectivity index is 0. The number of unbranched alkanes of at least 4 members (excludes halogenated alkanes) is 3. The van der Waals surface area contributed by atoms with Crippen LogP contribution in [0.2, 0.25) is 0 Å². The van der Waals surface area contributed by atoms with Gasteiger partial charge in [0.1, 0.15) is 0 Å². The topological polar surface area (TPSA) is 66.4 Å². The van der Waals surface area contributed by atoms with Crippen molar-refractivity contribution >= 4 is 17.4 Å². The van der Waals surface area contributed by atoms with E-state index >= 15 is 0 Å². The van der Waals surface area contributed by atoms with Crippen molar-refractivity contribution in [3.8, 4) is 0 Å². The first kappa shape index (κ1) is 27.3. The van der Waals surface area contributed by atoms with Crippen LogP contribution in [0.15, 0.2) is 0 Å². The molecule has 0 amide bonds. The van der Waals surface area contributed by atoms with Gasteiger partial charge in [-0.2, -0.15) is 13.2 Å². The van der Waals surface area contributed by atoms with E-state index in [9.17, 15) is 13.2 Å². The van der Waals surface area contributed by atoms with Gasteiger partial charge < -0.3 is 9.29 Å². The van der Waals surface area contributed by atoms with E-state index in [1.807, 2.05) is 0 Å². The second-order valence-electron chi connectivity index (χ2n) is 6.09. The molecule has 0 rings (SSSR count). The Labute approximate surface area is 152 Å². The molecule has 0 aliphatic heterocycles. The molecule has 0 aromatic rings. The largest absolute Gasteiger partial charge is 0.741 e. The number of rotatable bonds is 12. The van der Waals surface area contributed by atoms with Gasteiger partial charge in [0.15, 0.2) is 16.5 Å². The van der Waals surface area contributed by atoms with Crippen molar-refractivity contribution in [2.75, 3.05) is 31.4 Å². The van der Waals surface area contributed by atoms with Crippen molar-refractivity contribution in [1.82, 2.24) is 0 Å². The second kappa shape index (κ2) is 14.2. The Morgan fingerprint density at radius 3 is 1.40 bits per heavy atom. The zero-order valence-electron chi connectivity index (χ0n) is 15.9. The highest BCUT2D eigenvalue weighted by atomic mass is 32.2. The van der Waals surface area contributed by atoms with Crippen LogP contribution in [0.5, 0.6) is 0 Å². The van der Waals surface area contributed by atoms with E-state index in [1.54, 1.807) is 0 Å². The molecule has 0 aromatic carbocycles. The molecule has 0 N–H and O–H groups in total. The summed E-state index contributed by atoms with van der Waals surface area (Å²) in [6.07, 6.45) is 13.8. The molecule has 0 atom stereocenters. The molecule has 0 aromatic heterocycles. The molecule has 0 aliphatic rings. The molecule has 0 unspecified atom stereocenters. The van der Waals surface area contributed by atoms with Gasteiger partial charge in [0.05, 0.1) is 18.5 Å². The lowest BCUT2D eigenvalue weighted by Gasteiger charge is -2.27. The van der Waals surface area contributed by atoms with E-state index in [-0.39, 0.29) is 0 Å². The quantitative estimate of drug-likeness (QED) is 0.244. The van der Waals surface area contributed by atoms with Crippen molar-refractivity contribution in [3.05, 3.63) is 0 Å².